The molecule has 0 saturated carbocycles. The normalized spacial score (nSPS) is 20.8. The van der Waals surface area contributed by atoms with Crippen molar-refractivity contribution >= 4 is 17.3 Å². The number of hydrogen-bond donors (Lipinski definition) is 1. The van der Waals surface area contributed by atoms with Gasteiger partial charge in [0.1, 0.15) is 5.60 Å². The van der Waals surface area contributed by atoms with Crippen molar-refractivity contribution in [3.8, 4) is 0 Å². The Kier molecular flexibility index (Phi) is 5.80. The lowest BCUT2D eigenvalue weighted by Crippen LogP contribution is -2.44. The van der Waals surface area contributed by atoms with E-state index >= 15 is 0 Å². The summed E-state index contributed by atoms with van der Waals surface area (Å²) in [5.41, 5.74) is 2.97. The number of amides is 1. The number of likely N-dealkylation sites (N-methyl/N-ethyl adjacent to an activating group) is 1. The number of para-hydroxylation sites is 1. The summed E-state index contributed by atoms with van der Waals surface area (Å²) < 4.78 is 0. The first-order valence-corrected chi connectivity index (χ1v) is 10.8. The number of piperazine rings is 1. The van der Waals surface area contributed by atoms with Crippen molar-refractivity contribution in [1.82, 2.24) is 9.88 Å². The summed E-state index contributed by atoms with van der Waals surface area (Å²) in [6.45, 7) is 8.32. The number of aliphatic hydroxyl groups is 1. The van der Waals surface area contributed by atoms with Crippen molar-refractivity contribution in [2.24, 2.45) is 5.92 Å². The second-order valence-electron chi connectivity index (χ2n) is 9.06. The van der Waals surface area contributed by atoms with E-state index < -0.39 is 5.60 Å². The van der Waals surface area contributed by atoms with Gasteiger partial charge in [-0.1, -0.05) is 18.2 Å². The fraction of sp³-hybridized carbons (Fsp3) is 0.500. The van der Waals surface area contributed by atoms with Crippen molar-refractivity contribution in [1.29, 1.82) is 0 Å². The summed E-state index contributed by atoms with van der Waals surface area (Å²) in [6.07, 6.45) is 3.32. The highest BCUT2D eigenvalue weighted by Crippen LogP contribution is 2.31. The standard InChI is InChI=1S/C24H32N4O2/c1-24(2,30)22-9-8-20(17-25-22)28-11-10-19(23(28)29)16-18-6-4-5-7-21(18)27-14-12-26(3)13-15-27/h4-9,17,19,30H,10-16H2,1-3H3/t19-/m0/s1. The molecule has 6 nitrogen and oxygen atoms in total. The number of carbonyl (C=O) groups is 1. The molecule has 1 atom stereocenters. The van der Waals surface area contributed by atoms with E-state index in [0.717, 1.165) is 44.7 Å². The predicted molar refractivity (Wildman–Crippen MR) is 120 cm³/mol. The first kappa shape index (κ1) is 20.8. The van der Waals surface area contributed by atoms with Crippen LogP contribution in [0.4, 0.5) is 11.4 Å². The topological polar surface area (TPSA) is 59.9 Å². The van der Waals surface area contributed by atoms with Gasteiger partial charge in [-0.3, -0.25) is 9.78 Å². The van der Waals surface area contributed by atoms with Gasteiger partial charge in [-0.05, 0) is 57.5 Å². The van der Waals surface area contributed by atoms with Crippen molar-refractivity contribution in [3.63, 3.8) is 0 Å². The summed E-state index contributed by atoms with van der Waals surface area (Å²) in [5, 5.41) is 10.1. The lowest BCUT2D eigenvalue weighted by molar-refractivity contribution is -0.120. The van der Waals surface area contributed by atoms with Crippen molar-refractivity contribution in [3.05, 3.63) is 53.9 Å². The van der Waals surface area contributed by atoms with Crippen LogP contribution in [0.5, 0.6) is 0 Å². The Morgan fingerprint density at radius 3 is 2.47 bits per heavy atom. The molecule has 0 radical (unpaired) electrons. The molecule has 0 spiro atoms. The fourth-order valence-corrected chi connectivity index (χ4v) is 4.40. The molecule has 3 heterocycles. The van der Waals surface area contributed by atoms with E-state index in [4.69, 9.17) is 0 Å². The molecular weight excluding hydrogens is 376 g/mol. The number of pyridine rings is 1. The second kappa shape index (κ2) is 8.36. The average molecular weight is 409 g/mol. The average Bonchev–Trinajstić information content (AvgIpc) is 3.09. The lowest BCUT2D eigenvalue weighted by atomic mass is 9.96. The van der Waals surface area contributed by atoms with Crippen LogP contribution >= 0.6 is 0 Å². The van der Waals surface area contributed by atoms with Crippen molar-refractivity contribution < 1.29 is 9.90 Å². The molecule has 2 aliphatic heterocycles. The maximum absolute atomic E-state index is 13.2. The van der Waals surface area contributed by atoms with E-state index in [-0.39, 0.29) is 11.8 Å². The summed E-state index contributed by atoms with van der Waals surface area (Å²) in [7, 11) is 2.16. The van der Waals surface area contributed by atoms with Crippen LogP contribution in [0.3, 0.4) is 0 Å². The van der Waals surface area contributed by atoms with E-state index in [9.17, 15) is 9.90 Å². The monoisotopic (exact) mass is 408 g/mol. The minimum absolute atomic E-state index is 0.00688. The van der Waals surface area contributed by atoms with Crippen LogP contribution < -0.4 is 9.80 Å². The van der Waals surface area contributed by atoms with Gasteiger partial charge in [0.2, 0.25) is 5.91 Å². The minimum atomic E-state index is -0.983. The highest BCUT2D eigenvalue weighted by molar-refractivity contribution is 5.97. The maximum Gasteiger partial charge on any atom is 0.230 e. The highest BCUT2D eigenvalue weighted by Gasteiger charge is 2.33. The molecule has 160 valence electrons. The number of carbonyl (C=O) groups excluding carboxylic acids is 1. The Balaban J connectivity index is 1.46. The van der Waals surface area contributed by atoms with Gasteiger partial charge < -0.3 is 19.8 Å². The second-order valence-corrected chi connectivity index (χ2v) is 9.06. The minimum Gasteiger partial charge on any atom is -0.384 e. The Labute approximate surface area is 179 Å². The molecule has 1 aromatic carbocycles. The summed E-state index contributed by atoms with van der Waals surface area (Å²) in [5.74, 6) is 0.161. The molecular formula is C24H32N4O2. The third-order valence-corrected chi connectivity index (χ3v) is 6.30. The summed E-state index contributed by atoms with van der Waals surface area (Å²) in [4.78, 5) is 24.2. The van der Waals surface area contributed by atoms with Gasteiger partial charge in [0, 0.05) is 44.3 Å². The number of benzene rings is 1. The van der Waals surface area contributed by atoms with Crippen molar-refractivity contribution in [2.45, 2.75) is 32.3 Å². The Morgan fingerprint density at radius 2 is 1.80 bits per heavy atom. The molecule has 0 bridgehead atoms. The number of aromatic nitrogens is 1. The first-order chi connectivity index (χ1) is 14.3. The third-order valence-electron chi connectivity index (χ3n) is 6.30. The number of hydrogen-bond acceptors (Lipinski definition) is 5. The number of anilines is 2. The molecule has 1 amide bonds. The lowest BCUT2D eigenvalue weighted by Gasteiger charge is -2.35. The first-order valence-electron chi connectivity index (χ1n) is 10.8. The van der Waals surface area contributed by atoms with E-state index in [1.165, 1.54) is 11.3 Å². The van der Waals surface area contributed by atoms with E-state index in [1.54, 1.807) is 26.1 Å². The molecule has 0 unspecified atom stereocenters. The van der Waals surface area contributed by atoms with Gasteiger partial charge >= 0.3 is 0 Å². The molecule has 1 aromatic heterocycles. The highest BCUT2D eigenvalue weighted by atomic mass is 16.3. The molecule has 2 aliphatic rings. The van der Waals surface area contributed by atoms with Gasteiger partial charge in [0.25, 0.3) is 0 Å². The fourth-order valence-electron chi connectivity index (χ4n) is 4.40. The van der Waals surface area contributed by atoms with Gasteiger partial charge in [0.15, 0.2) is 0 Å². The molecule has 2 fully saturated rings. The van der Waals surface area contributed by atoms with Crippen LogP contribution in [0.15, 0.2) is 42.6 Å². The molecule has 6 heteroatoms. The van der Waals surface area contributed by atoms with Crippen LogP contribution in [0.25, 0.3) is 0 Å². The van der Waals surface area contributed by atoms with Gasteiger partial charge in [-0.2, -0.15) is 0 Å². The third kappa shape index (κ3) is 4.35. The van der Waals surface area contributed by atoms with Crippen molar-refractivity contribution in [2.75, 3.05) is 49.6 Å². The Morgan fingerprint density at radius 1 is 1.07 bits per heavy atom. The SMILES string of the molecule is CN1CCN(c2ccccc2C[C@@H]2CCN(c3ccc(C(C)(C)O)nc3)C2=O)CC1. The van der Waals surface area contributed by atoms with Crippen LogP contribution in [0.1, 0.15) is 31.5 Å². The molecule has 1 N–H and O–H groups in total. The maximum atomic E-state index is 13.2. The van der Waals surface area contributed by atoms with E-state index in [0.29, 0.717) is 12.2 Å². The van der Waals surface area contributed by atoms with Crippen LogP contribution in [0.2, 0.25) is 0 Å². The molecule has 30 heavy (non-hydrogen) atoms. The van der Waals surface area contributed by atoms with E-state index in [1.807, 2.05) is 11.0 Å². The molecule has 4 rings (SSSR count). The number of nitrogens with zero attached hydrogens (tertiary/aromatic N) is 4. The quantitative estimate of drug-likeness (QED) is 0.824. The predicted octanol–water partition coefficient (Wildman–Crippen LogP) is 2.66. The Bertz CT molecular complexity index is 883. The zero-order chi connectivity index (χ0) is 21.3. The van der Waals surface area contributed by atoms with Crippen LogP contribution in [-0.4, -0.2) is 60.7 Å². The smallest absolute Gasteiger partial charge is 0.230 e. The summed E-state index contributed by atoms with van der Waals surface area (Å²) >= 11 is 0. The van der Waals surface area contributed by atoms with Gasteiger partial charge in [-0.25, -0.2) is 0 Å². The van der Waals surface area contributed by atoms with E-state index in [2.05, 4.69) is 46.1 Å². The largest absolute Gasteiger partial charge is 0.384 e. The molecule has 2 saturated heterocycles. The summed E-state index contributed by atoms with van der Waals surface area (Å²) in [6, 6.07) is 12.2. The van der Waals surface area contributed by atoms with Gasteiger partial charge in [0.05, 0.1) is 17.6 Å². The molecule has 2 aromatic rings. The van der Waals surface area contributed by atoms with Crippen LogP contribution in [-0.2, 0) is 16.8 Å². The van der Waals surface area contributed by atoms with Gasteiger partial charge in [-0.15, -0.1) is 0 Å². The zero-order valence-corrected chi connectivity index (χ0v) is 18.2. The zero-order valence-electron chi connectivity index (χ0n) is 18.2. The van der Waals surface area contributed by atoms with Crippen LogP contribution in [0, 0.1) is 5.92 Å². The Hall–Kier alpha value is -2.44. The molecule has 0 aliphatic carbocycles. The number of rotatable bonds is 5.